The fraction of sp³-hybridized carbons (Fsp3) is 0.200. The number of rotatable bonds is 1. The molecule has 0 aliphatic rings. The van der Waals surface area contributed by atoms with Crippen LogP contribution in [-0.4, -0.2) is 10.3 Å². The summed E-state index contributed by atoms with van der Waals surface area (Å²) in [7, 11) is 0. The first-order valence-corrected chi connectivity index (χ1v) is 2.33. The van der Waals surface area contributed by atoms with Gasteiger partial charge >= 0.3 is 0 Å². The summed E-state index contributed by atoms with van der Waals surface area (Å²) >= 11 is 0. The van der Waals surface area contributed by atoms with E-state index in [0.717, 1.165) is 5.69 Å². The molecule has 0 aliphatic carbocycles. The van der Waals surface area contributed by atoms with Crippen LogP contribution in [0.4, 0.5) is 0 Å². The lowest BCUT2D eigenvalue weighted by atomic mass is 10.4. The van der Waals surface area contributed by atoms with Crippen LogP contribution in [0.5, 0.6) is 0 Å². The molecule has 42 valence electrons. The highest BCUT2D eigenvalue weighted by Gasteiger charge is 1.85. The van der Waals surface area contributed by atoms with Gasteiger partial charge in [-0.25, -0.2) is 4.63 Å². The third-order valence-electron chi connectivity index (χ3n) is 0.716. The van der Waals surface area contributed by atoms with Gasteiger partial charge < -0.3 is 0 Å². The Hall–Kier alpha value is -1.12. The molecule has 3 nitrogen and oxygen atoms in total. The van der Waals surface area contributed by atoms with Gasteiger partial charge in [0, 0.05) is 0 Å². The van der Waals surface area contributed by atoms with Crippen LogP contribution in [0.25, 0.3) is 6.08 Å². The van der Waals surface area contributed by atoms with Crippen LogP contribution in [0.1, 0.15) is 12.6 Å². The van der Waals surface area contributed by atoms with Crippen molar-refractivity contribution in [1.82, 2.24) is 10.3 Å². The number of hydrogen-bond acceptors (Lipinski definition) is 3. The lowest BCUT2D eigenvalue weighted by Gasteiger charge is -1.69. The molecule has 1 aromatic rings. The monoisotopic (exact) mass is 110 g/mol. The smallest absolute Gasteiger partial charge is 0.127 e. The molecule has 1 heterocycles. The van der Waals surface area contributed by atoms with Gasteiger partial charge in [-0.05, 0) is 13.0 Å². The Bertz CT molecular complexity index is 167. The van der Waals surface area contributed by atoms with Gasteiger partial charge in [0.2, 0.25) is 0 Å². The van der Waals surface area contributed by atoms with E-state index in [9.17, 15) is 0 Å². The second-order valence-electron chi connectivity index (χ2n) is 1.33. The number of allylic oxidation sites excluding steroid dienone is 1. The second kappa shape index (κ2) is 2.26. The molecule has 0 aromatic carbocycles. The standard InChI is InChI=1S/C5H6N2O/c1-2-3-5-4-6-8-7-5/h2-4H,1H3/b3-2+. The van der Waals surface area contributed by atoms with Gasteiger partial charge in [0.15, 0.2) is 0 Å². The first kappa shape index (κ1) is 5.03. The quantitative estimate of drug-likeness (QED) is 0.543. The highest BCUT2D eigenvalue weighted by molar-refractivity contribution is 5.40. The summed E-state index contributed by atoms with van der Waals surface area (Å²) in [5.41, 5.74) is 0.757. The van der Waals surface area contributed by atoms with Crippen molar-refractivity contribution in [2.45, 2.75) is 6.92 Å². The maximum Gasteiger partial charge on any atom is 0.127 e. The normalized spacial score (nSPS) is 10.6. The van der Waals surface area contributed by atoms with Gasteiger partial charge in [0.25, 0.3) is 0 Å². The van der Waals surface area contributed by atoms with E-state index in [1.165, 1.54) is 0 Å². The van der Waals surface area contributed by atoms with Crippen molar-refractivity contribution >= 4 is 6.08 Å². The lowest BCUT2D eigenvalue weighted by molar-refractivity contribution is 0.306. The summed E-state index contributed by atoms with van der Waals surface area (Å²) in [6.45, 7) is 1.91. The average molecular weight is 110 g/mol. The second-order valence-corrected chi connectivity index (χ2v) is 1.33. The predicted molar refractivity (Wildman–Crippen MR) is 29.0 cm³/mol. The fourth-order valence-corrected chi connectivity index (χ4v) is 0.416. The Morgan fingerprint density at radius 1 is 1.75 bits per heavy atom. The van der Waals surface area contributed by atoms with Crippen molar-refractivity contribution in [3.8, 4) is 0 Å². The molecule has 1 aromatic heterocycles. The van der Waals surface area contributed by atoms with Gasteiger partial charge in [-0.3, -0.25) is 0 Å². The SMILES string of the molecule is C/C=C/c1cnon1. The van der Waals surface area contributed by atoms with E-state index in [0.29, 0.717) is 0 Å². The Labute approximate surface area is 47.0 Å². The summed E-state index contributed by atoms with van der Waals surface area (Å²) in [4.78, 5) is 0. The predicted octanol–water partition coefficient (Wildman–Crippen LogP) is 1.10. The Balaban J connectivity index is 2.77. The van der Waals surface area contributed by atoms with Crippen LogP contribution in [0.15, 0.2) is 16.9 Å². The minimum Gasteiger partial charge on any atom is -0.244 e. The van der Waals surface area contributed by atoms with Crippen LogP contribution in [-0.2, 0) is 0 Å². The molecule has 0 bridgehead atoms. The molecule has 3 heteroatoms. The summed E-state index contributed by atoms with van der Waals surface area (Å²) < 4.78 is 4.32. The Morgan fingerprint density at radius 2 is 2.62 bits per heavy atom. The molecule has 1 rings (SSSR count). The minimum absolute atomic E-state index is 0.757. The van der Waals surface area contributed by atoms with Crippen molar-refractivity contribution in [2.75, 3.05) is 0 Å². The molecule has 0 amide bonds. The zero-order chi connectivity index (χ0) is 5.82. The maximum atomic E-state index is 4.32. The molecule has 0 atom stereocenters. The zero-order valence-corrected chi connectivity index (χ0v) is 4.53. The minimum atomic E-state index is 0.757. The number of hydrogen-bond donors (Lipinski definition) is 0. The van der Waals surface area contributed by atoms with Crippen molar-refractivity contribution in [3.05, 3.63) is 18.0 Å². The number of nitrogens with zero attached hydrogens (tertiary/aromatic N) is 2. The summed E-state index contributed by atoms with van der Waals surface area (Å²) in [5.74, 6) is 0. The largest absolute Gasteiger partial charge is 0.244 e. The van der Waals surface area contributed by atoms with Crippen LogP contribution in [0, 0.1) is 0 Å². The topological polar surface area (TPSA) is 38.9 Å². The van der Waals surface area contributed by atoms with Crippen molar-refractivity contribution in [2.24, 2.45) is 0 Å². The van der Waals surface area contributed by atoms with Gasteiger partial charge in [-0.1, -0.05) is 16.4 Å². The van der Waals surface area contributed by atoms with Crippen LogP contribution < -0.4 is 0 Å². The highest BCUT2D eigenvalue weighted by atomic mass is 16.6. The van der Waals surface area contributed by atoms with Gasteiger partial charge in [0.05, 0.1) is 6.20 Å². The molecular formula is C5H6N2O. The molecule has 0 aliphatic heterocycles. The summed E-state index contributed by atoms with van der Waals surface area (Å²) in [6.07, 6.45) is 5.25. The molecule has 0 fully saturated rings. The van der Waals surface area contributed by atoms with E-state index < -0.39 is 0 Å². The summed E-state index contributed by atoms with van der Waals surface area (Å²) in [5, 5.41) is 6.94. The van der Waals surface area contributed by atoms with Crippen molar-refractivity contribution in [1.29, 1.82) is 0 Å². The van der Waals surface area contributed by atoms with Gasteiger partial charge in [-0.2, -0.15) is 0 Å². The molecule has 0 unspecified atom stereocenters. The van der Waals surface area contributed by atoms with E-state index in [2.05, 4.69) is 14.9 Å². The van der Waals surface area contributed by atoms with Crippen LogP contribution in [0.3, 0.4) is 0 Å². The first-order chi connectivity index (χ1) is 3.93. The molecule has 0 N–H and O–H groups in total. The molecule has 0 saturated carbocycles. The Kier molecular flexibility index (Phi) is 1.42. The van der Waals surface area contributed by atoms with E-state index in [4.69, 9.17) is 0 Å². The zero-order valence-electron chi connectivity index (χ0n) is 4.53. The Morgan fingerprint density at radius 3 is 3.12 bits per heavy atom. The fourth-order valence-electron chi connectivity index (χ4n) is 0.416. The summed E-state index contributed by atoms with van der Waals surface area (Å²) in [6, 6.07) is 0. The van der Waals surface area contributed by atoms with E-state index in [-0.39, 0.29) is 0 Å². The van der Waals surface area contributed by atoms with Crippen LogP contribution in [0.2, 0.25) is 0 Å². The molecule has 8 heavy (non-hydrogen) atoms. The third kappa shape index (κ3) is 0.932. The molecule has 0 saturated heterocycles. The lowest BCUT2D eigenvalue weighted by Crippen LogP contribution is -1.63. The third-order valence-corrected chi connectivity index (χ3v) is 0.716. The number of aromatic nitrogens is 2. The van der Waals surface area contributed by atoms with Crippen LogP contribution >= 0.6 is 0 Å². The molecular weight excluding hydrogens is 104 g/mol. The maximum absolute atomic E-state index is 4.32. The van der Waals surface area contributed by atoms with E-state index in [1.54, 1.807) is 6.20 Å². The molecule has 0 radical (unpaired) electrons. The van der Waals surface area contributed by atoms with E-state index in [1.807, 2.05) is 19.1 Å². The van der Waals surface area contributed by atoms with Gasteiger partial charge in [-0.15, -0.1) is 0 Å². The average Bonchev–Trinajstić information content (AvgIpc) is 2.19. The van der Waals surface area contributed by atoms with E-state index >= 15 is 0 Å². The van der Waals surface area contributed by atoms with Crippen molar-refractivity contribution < 1.29 is 4.63 Å². The molecule has 0 spiro atoms. The highest BCUT2D eigenvalue weighted by Crippen LogP contribution is 1.91. The first-order valence-electron chi connectivity index (χ1n) is 2.33. The van der Waals surface area contributed by atoms with Gasteiger partial charge in [0.1, 0.15) is 5.69 Å². The van der Waals surface area contributed by atoms with Crippen molar-refractivity contribution in [3.63, 3.8) is 0 Å².